The number of hydrogen-bond acceptors (Lipinski definition) is 17. The van der Waals surface area contributed by atoms with Crippen molar-refractivity contribution >= 4 is 40.5 Å². The molecule has 2 bridgehead atoms. The number of phenols is 1. The van der Waals surface area contributed by atoms with Crippen molar-refractivity contribution in [1.29, 1.82) is 0 Å². The van der Waals surface area contributed by atoms with E-state index in [1.165, 1.54) is 51.6 Å². The zero-order valence-corrected chi connectivity index (χ0v) is 47.3. The fourth-order valence-electron chi connectivity index (χ4n) is 14.8. The molecule has 6 aliphatic heterocycles. The van der Waals surface area contributed by atoms with Crippen LogP contribution in [0.5, 0.6) is 5.75 Å². The molecule has 12 rings (SSSR count). The van der Waals surface area contributed by atoms with Gasteiger partial charge in [-0.3, -0.25) is 19.4 Å². The summed E-state index contributed by atoms with van der Waals surface area (Å²) in [4.78, 5) is 48.3. The van der Waals surface area contributed by atoms with Crippen LogP contribution in [0.4, 0.5) is 17.3 Å². The Labute approximate surface area is 468 Å². The number of morpholine rings is 1. The number of likely N-dealkylation sites (tertiary alicyclic amines) is 2. The third-order valence-electron chi connectivity index (χ3n) is 19.0. The Hall–Kier alpha value is -5.70. The van der Waals surface area contributed by atoms with Crippen molar-refractivity contribution in [2.45, 2.75) is 134 Å². The minimum absolute atomic E-state index is 0.0934. The van der Waals surface area contributed by atoms with E-state index in [9.17, 15) is 19.8 Å². The van der Waals surface area contributed by atoms with Gasteiger partial charge in [-0.05, 0) is 118 Å². The average Bonchev–Trinajstić information content (AvgIpc) is 4.35. The standard InChI is InChI=1S/C60H80N12O6S/c1-37(2)55(59(76)72-32-46(73)24-51(72)58(75)63-38(3)41-10-12-42(13-11-41)56-39(4)62-36-79-56)53-26-54(66-78-53)68-20-16-40(17-21-68)29-67-19-7-18-60(35-67)27-45(28-60)69-22-23-77-47(33-69)34-71-43-14-15-44(71)31-70(30-43)50-25-49(64-65-57(50)61)48-8-5-6-9-52(48)74/h5-6,8-13,25-26,36-38,40,43-47,51,55,73-74H,7,14-24,27-35H2,1-4H3,(H2,61,65)(H,63,75)/t38-,43?,44?,45?,46+,47-,51-,55+,60?/m0/s1. The molecule has 1 aliphatic carbocycles. The van der Waals surface area contributed by atoms with Crippen LogP contribution in [0.3, 0.4) is 0 Å². The number of nitrogens with zero attached hydrogens (tertiary/aromatic N) is 10. The highest BCUT2D eigenvalue weighted by molar-refractivity contribution is 7.13. The Bertz CT molecular complexity index is 2930. The van der Waals surface area contributed by atoms with Crippen molar-refractivity contribution in [3.63, 3.8) is 0 Å². The zero-order chi connectivity index (χ0) is 54.5. The Morgan fingerprint density at radius 2 is 1.67 bits per heavy atom. The Morgan fingerprint density at radius 1 is 0.899 bits per heavy atom. The van der Waals surface area contributed by atoms with Crippen LogP contribution in [0, 0.1) is 24.2 Å². The second kappa shape index (κ2) is 22.7. The normalized spacial score (nSPS) is 27.9. The first-order valence-corrected chi connectivity index (χ1v) is 30.1. The van der Waals surface area contributed by atoms with E-state index in [1.807, 2.05) is 75.7 Å². The van der Waals surface area contributed by atoms with Gasteiger partial charge in [0.05, 0.1) is 52.3 Å². The number of para-hydroxylation sites is 1. The lowest BCUT2D eigenvalue weighted by Crippen LogP contribution is -2.62. The summed E-state index contributed by atoms with van der Waals surface area (Å²) in [5, 5.41) is 37.6. The fourth-order valence-corrected chi connectivity index (χ4v) is 15.6. The highest BCUT2D eigenvalue weighted by Crippen LogP contribution is 2.50. The number of aliphatic hydroxyl groups excluding tert-OH is 1. The van der Waals surface area contributed by atoms with E-state index in [0.29, 0.717) is 52.3 Å². The summed E-state index contributed by atoms with van der Waals surface area (Å²) in [6.45, 7) is 18.9. The number of carbonyl (C=O) groups excluding carboxylic acids is 2. The summed E-state index contributed by atoms with van der Waals surface area (Å²) >= 11 is 1.61. The number of amides is 2. The SMILES string of the molecule is Cc1ncsc1-c1ccc([C@H](C)NC(=O)[C@@H]2C[C@@H](O)CN2C(=O)[C@@H](c2cc(N3CCC(CN4CCCC5(CC(N6CCO[C@H](CN7C8CCC7CN(c7cc(-c9ccccc9O)nnc7N)C8)C6)C5)C4)CC3)no2)C(C)C)cc1. The maximum atomic E-state index is 14.5. The average molecular weight is 1100 g/mol. The zero-order valence-electron chi connectivity index (χ0n) is 46.5. The largest absolute Gasteiger partial charge is 0.507 e. The maximum Gasteiger partial charge on any atom is 0.243 e. The molecule has 1 saturated carbocycles. The number of piperazine rings is 1. The van der Waals surface area contributed by atoms with E-state index in [0.717, 1.165) is 105 Å². The van der Waals surface area contributed by atoms with E-state index >= 15 is 0 Å². The number of β-amino-alcohol motifs (C(OH)–C–C–N with tert-alkyl or cyclic N) is 1. The third-order valence-corrected chi connectivity index (χ3v) is 20.0. The summed E-state index contributed by atoms with van der Waals surface area (Å²) < 4.78 is 12.5. The number of aryl methyl sites for hydroxylation is 1. The van der Waals surface area contributed by atoms with Gasteiger partial charge in [0.15, 0.2) is 17.4 Å². The minimum atomic E-state index is -0.796. The van der Waals surface area contributed by atoms with Crippen molar-refractivity contribution < 1.29 is 29.1 Å². The van der Waals surface area contributed by atoms with E-state index in [1.54, 1.807) is 22.3 Å². The van der Waals surface area contributed by atoms with Crippen molar-refractivity contribution in [2.75, 3.05) is 94.1 Å². The van der Waals surface area contributed by atoms with Crippen LogP contribution >= 0.6 is 11.3 Å². The minimum Gasteiger partial charge on any atom is -0.507 e. The molecule has 5 aromatic rings. The predicted octanol–water partition coefficient (Wildman–Crippen LogP) is 6.95. The lowest BCUT2D eigenvalue weighted by atomic mass is 9.60. The highest BCUT2D eigenvalue weighted by atomic mass is 32.1. The summed E-state index contributed by atoms with van der Waals surface area (Å²) in [5.41, 5.74) is 13.9. The number of nitrogens with one attached hydrogen (secondary N) is 1. The number of carbonyl (C=O) groups is 2. The molecule has 2 amide bonds. The summed E-state index contributed by atoms with van der Waals surface area (Å²) in [5.74, 6) is 1.24. The lowest BCUT2D eigenvalue weighted by Gasteiger charge is -2.57. The third kappa shape index (κ3) is 11.2. The van der Waals surface area contributed by atoms with Crippen LogP contribution in [-0.2, 0) is 14.3 Å². The van der Waals surface area contributed by atoms with Gasteiger partial charge in [-0.1, -0.05) is 55.4 Å². The molecule has 19 heteroatoms. The smallest absolute Gasteiger partial charge is 0.243 e. The summed E-state index contributed by atoms with van der Waals surface area (Å²) in [7, 11) is 0. The Kier molecular flexibility index (Phi) is 15.5. The molecule has 5 N–H and O–H groups in total. The van der Waals surface area contributed by atoms with Crippen LogP contribution < -0.4 is 20.9 Å². The number of thiazole rings is 1. The number of piperidine rings is 2. The summed E-state index contributed by atoms with van der Waals surface area (Å²) in [6, 6.07) is 19.7. The van der Waals surface area contributed by atoms with Crippen LogP contribution in [0.25, 0.3) is 21.7 Å². The number of benzene rings is 2. The van der Waals surface area contributed by atoms with Crippen LogP contribution in [0.1, 0.15) is 108 Å². The molecular formula is C60H80N12O6S. The predicted molar refractivity (Wildman–Crippen MR) is 306 cm³/mol. The number of ether oxygens (including phenoxy) is 1. The number of nitrogen functional groups attached to an aromatic ring is 1. The first kappa shape index (κ1) is 53.9. The monoisotopic (exact) mass is 1100 g/mol. The molecule has 7 atom stereocenters. The van der Waals surface area contributed by atoms with Crippen LogP contribution in [-0.4, -0.2) is 177 Å². The summed E-state index contributed by atoms with van der Waals surface area (Å²) in [6.07, 6.45) is 9.26. The molecule has 2 unspecified atom stereocenters. The number of fused-ring (bicyclic) bond motifs is 2. The van der Waals surface area contributed by atoms with Gasteiger partial charge in [0.1, 0.15) is 17.7 Å². The van der Waals surface area contributed by atoms with Crippen molar-refractivity contribution in [3.05, 3.63) is 83.2 Å². The van der Waals surface area contributed by atoms with Crippen molar-refractivity contribution in [2.24, 2.45) is 17.3 Å². The van der Waals surface area contributed by atoms with Gasteiger partial charge in [-0.15, -0.1) is 21.5 Å². The molecular weight excluding hydrogens is 1020 g/mol. The van der Waals surface area contributed by atoms with Gasteiger partial charge in [0, 0.05) is 102 Å². The second-order valence-electron chi connectivity index (χ2n) is 24.6. The number of anilines is 3. The number of hydrogen-bond donors (Lipinski definition) is 4. The van der Waals surface area contributed by atoms with Crippen LogP contribution in [0.2, 0.25) is 0 Å². The van der Waals surface area contributed by atoms with E-state index in [-0.39, 0.29) is 48.6 Å². The van der Waals surface area contributed by atoms with Crippen molar-refractivity contribution in [3.8, 4) is 27.4 Å². The van der Waals surface area contributed by atoms with Gasteiger partial charge in [0.25, 0.3) is 0 Å². The number of phenolic OH excluding ortho intramolecular Hbond substituents is 1. The molecule has 0 radical (unpaired) electrons. The van der Waals surface area contributed by atoms with E-state index < -0.39 is 18.1 Å². The first-order chi connectivity index (χ1) is 38.2. The molecule has 2 aromatic carbocycles. The van der Waals surface area contributed by atoms with Gasteiger partial charge in [0.2, 0.25) is 11.8 Å². The fraction of sp³-hybridized carbons (Fsp3) is 0.600. The maximum absolute atomic E-state index is 14.5. The first-order valence-electron chi connectivity index (χ1n) is 29.3. The molecule has 3 aromatic heterocycles. The van der Waals surface area contributed by atoms with E-state index in [4.69, 9.17) is 15.0 Å². The van der Waals surface area contributed by atoms with Crippen molar-refractivity contribution in [1.82, 2.24) is 45.3 Å². The van der Waals surface area contributed by atoms with Gasteiger partial charge >= 0.3 is 0 Å². The topological polar surface area (TPSA) is 206 Å². The number of aromatic hydroxyl groups is 1. The van der Waals surface area contributed by atoms with Gasteiger partial charge in [-0.25, -0.2) is 4.98 Å². The molecule has 6 saturated heterocycles. The second-order valence-corrected chi connectivity index (χ2v) is 25.5. The van der Waals surface area contributed by atoms with Gasteiger partial charge < -0.3 is 50.1 Å². The molecule has 422 valence electrons. The molecule has 9 heterocycles. The highest BCUT2D eigenvalue weighted by Gasteiger charge is 2.50. The Morgan fingerprint density at radius 3 is 2.41 bits per heavy atom. The van der Waals surface area contributed by atoms with Crippen LogP contribution in [0.15, 0.2) is 70.7 Å². The quantitative estimate of drug-likeness (QED) is 0.0838. The molecule has 18 nitrogen and oxygen atoms in total. The van der Waals surface area contributed by atoms with E-state index in [2.05, 4.69) is 62.3 Å². The number of aromatic nitrogens is 4. The molecule has 79 heavy (non-hydrogen) atoms. The molecule has 7 aliphatic rings. The number of aliphatic hydroxyl groups is 1. The Balaban J connectivity index is 0.594. The lowest BCUT2D eigenvalue weighted by molar-refractivity contribution is -0.141. The molecule has 1 spiro atoms. The van der Waals surface area contributed by atoms with Gasteiger partial charge in [-0.2, -0.15) is 0 Å². The number of rotatable bonds is 15. The number of nitrogens with two attached hydrogens (primary N) is 1. The molecule has 7 fully saturated rings.